The van der Waals surface area contributed by atoms with E-state index in [2.05, 4.69) is 0 Å². The quantitative estimate of drug-likeness (QED) is 0.572. The van der Waals surface area contributed by atoms with Gasteiger partial charge in [0.05, 0.1) is 21.7 Å². The third-order valence-corrected chi connectivity index (χ3v) is 6.95. The summed E-state index contributed by atoms with van der Waals surface area (Å²) >= 11 is 0. The van der Waals surface area contributed by atoms with Crippen molar-refractivity contribution in [3.63, 3.8) is 0 Å². The lowest BCUT2D eigenvalue weighted by molar-refractivity contribution is 0.0961. The van der Waals surface area contributed by atoms with Crippen LogP contribution in [-0.2, 0) is 5.54 Å². The molecule has 126 valence electrons. The maximum absolute atomic E-state index is 13.6. The average Bonchev–Trinajstić information content (AvgIpc) is 2.98. The van der Waals surface area contributed by atoms with Crippen LogP contribution in [0.15, 0.2) is 53.3 Å². The second kappa shape index (κ2) is 5.61. The molecule has 0 radical (unpaired) electrons. The van der Waals surface area contributed by atoms with E-state index in [1.54, 1.807) is 11.0 Å². The minimum Gasteiger partial charge on any atom is -0.297 e. The molecule has 6 heteroatoms. The predicted octanol–water partition coefficient (Wildman–Crippen LogP) is 4.87. The third-order valence-electron chi connectivity index (χ3n) is 4.44. The highest BCUT2D eigenvalue weighted by Crippen LogP contribution is 2.49. The average molecular weight is 371 g/mol. The second-order valence-electron chi connectivity index (χ2n) is 6.39. The summed E-state index contributed by atoms with van der Waals surface area (Å²) in [5.74, 6) is -0.733. The molecule has 0 fully saturated rings. The number of amides is 1. The number of hydrogen-bond donors (Lipinski definition) is 0. The van der Waals surface area contributed by atoms with Crippen LogP contribution < -0.4 is 9.64 Å². The Bertz CT molecular complexity index is 1050. The first kappa shape index (κ1) is 16.2. The van der Waals surface area contributed by atoms with Crippen molar-refractivity contribution in [1.82, 2.24) is 0 Å². The van der Waals surface area contributed by atoms with Crippen molar-refractivity contribution in [2.24, 2.45) is 0 Å². The number of halogens is 1. The molecule has 4 rings (SSSR count). The lowest BCUT2D eigenvalue weighted by Gasteiger charge is -2.42. The van der Waals surface area contributed by atoms with Crippen LogP contribution in [0.1, 0.15) is 29.1 Å². The van der Waals surface area contributed by atoms with Crippen LogP contribution in [0.3, 0.4) is 0 Å². The number of fused-ring (bicyclic) bond motifs is 3. The number of benzene rings is 2. The van der Waals surface area contributed by atoms with Crippen molar-refractivity contribution in [3.05, 3.63) is 74.3 Å². The van der Waals surface area contributed by atoms with Crippen LogP contribution >= 0.6 is 20.7 Å². The van der Waals surface area contributed by atoms with Gasteiger partial charge in [0, 0.05) is 11.1 Å². The van der Waals surface area contributed by atoms with E-state index in [0.717, 1.165) is 10.4 Å². The molecule has 1 amide bonds. The van der Waals surface area contributed by atoms with Gasteiger partial charge in [-0.3, -0.25) is 14.5 Å². The SMILES string of the molecule is CC1(C)c2ssc(=O)c2-c2ccccc2N1C(=O)c1cccc(F)c1. The van der Waals surface area contributed by atoms with E-state index < -0.39 is 11.4 Å². The van der Waals surface area contributed by atoms with E-state index in [1.807, 2.05) is 38.1 Å². The summed E-state index contributed by atoms with van der Waals surface area (Å²) in [7, 11) is 2.59. The van der Waals surface area contributed by atoms with Crippen LogP contribution in [0.25, 0.3) is 11.1 Å². The van der Waals surface area contributed by atoms with E-state index in [-0.39, 0.29) is 16.2 Å². The molecule has 0 N–H and O–H groups in total. The topological polar surface area (TPSA) is 37.4 Å². The van der Waals surface area contributed by atoms with E-state index in [9.17, 15) is 14.0 Å². The highest BCUT2D eigenvalue weighted by molar-refractivity contribution is 7.68. The Morgan fingerprint density at radius 3 is 2.60 bits per heavy atom. The van der Waals surface area contributed by atoms with Gasteiger partial charge in [0.1, 0.15) is 5.82 Å². The normalized spacial score (nSPS) is 14.8. The van der Waals surface area contributed by atoms with Gasteiger partial charge in [-0.1, -0.05) is 34.6 Å². The fraction of sp³-hybridized carbons (Fsp3) is 0.158. The first-order chi connectivity index (χ1) is 11.9. The van der Waals surface area contributed by atoms with Gasteiger partial charge in [0.25, 0.3) is 10.6 Å². The Kier molecular flexibility index (Phi) is 3.63. The van der Waals surface area contributed by atoms with Crippen LogP contribution in [0.2, 0.25) is 0 Å². The van der Waals surface area contributed by atoms with Gasteiger partial charge in [-0.05, 0) is 48.5 Å². The molecule has 2 heterocycles. The highest BCUT2D eigenvalue weighted by atomic mass is 32.9. The van der Waals surface area contributed by atoms with Gasteiger partial charge in [-0.15, -0.1) is 0 Å². The van der Waals surface area contributed by atoms with Crippen molar-refractivity contribution in [1.29, 1.82) is 0 Å². The van der Waals surface area contributed by atoms with Crippen LogP contribution in [0.4, 0.5) is 10.1 Å². The minimum absolute atomic E-state index is 0.0124. The van der Waals surface area contributed by atoms with Crippen molar-refractivity contribution in [2.75, 3.05) is 4.90 Å². The fourth-order valence-corrected chi connectivity index (χ4v) is 5.98. The fourth-order valence-electron chi connectivity index (χ4n) is 3.29. The number of rotatable bonds is 1. The van der Waals surface area contributed by atoms with Crippen molar-refractivity contribution < 1.29 is 9.18 Å². The molecular weight excluding hydrogens is 357 g/mol. The maximum Gasteiger partial charge on any atom is 0.259 e. The zero-order chi connectivity index (χ0) is 17.8. The van der Waals surface area contributed by atoms with E-state index >= 15 is 0 Å². The van der Waals surface area contributed by atoms with E-state index in [1.165, 1.54) is 38.9 Å². The molecule has 0 aliphatic carbocycles. The summed E-state index contributed by atoms with van der Waals surface area (Å²) < 4.78 is 13.6. The molecule has 0 atom stereocenters. The van der Waals surface area contributed by atoms with E-state index in [0.29, 0.717) is 11.3 Å². The van der Waals surface area contributed by atoms with Crippen LogP contribution in [0.5, 0.6) is 0 Å². The van der Waals surface area contributed by atoms with Crippen LogP contribution in [0, 0.1) is 5.82 Å². The third kappa shape index (κ3) is 2.36. The molecule has 0 saturated heterocycles. The number of hydrogen-bond acceptors (Lipinski definition) is 4. The summed E-state index contributed by atoms with van der Waals surface area (Å²) in [6.07, 6.45) is 0. The maximum atomic E-state index is 13.6. The molecule has 0 spiro atoms. The van der Waals surface area contributed by atoms with Crippen LogP contribution in [-0.4, -0.2) is 5.91 Å². The number of carbonyl (C=O) groups excluding carboxylic acids is 1. The monoisotopic (exact) mass is 371 g/mol. The first-order valence-electron chi connectivity index (χ1n) is 7.74. The molecule has 0 saturated carbocycles. The summed E-state index contributed by atoms with van der Waals surface area (Å²) in [5.41, 5.74) is 1.70. The van der Waals surface area contributed by atoms with Crippen molar-refractivity contribution in [3.8, 4) is 11.1 Å². The molecule has 0 unspecified atom stereocenters. The zero-order valence-corrected chi connectivity index (χ0v) is 15.2. The van der Waals surface area contributed by atoms with Gasteiger partial charge in [0.2, 0.25) is 0 Å². The van der Waals surface area contributed by atoms with Crippen molar-refractivity contribution >= 4 is 32.3 Å². The minimum atomic E-state index is -0.698. The molecule has 25 heavy (non-hydrogen) atoms. The molecule has 2 aromatic carbocycles. The first-order valence-corrected chi connectivity index (χ1v) is 9.89. The molecule has 1 aliphatic rings. The highest BCUT2D eigenvalue weighted by Gasteiger charge is 2.43. The largest absolute Gasteiger partial charge is 0.297 e. The van der Waals surface area contributed by atoms with E-state index in [4.69, 9.17) is 0 Å². The predicted molar refractivity (Wildman–Crippen MR) is 100 cm³/mol. The van der Waals surface area contributed by atoms with Gasteiger partial charge in [-0.2, -0.15) is 0 Å². The van der Waals surface area contributed by atoms with Gasteiger partial charge >= 0.3 is 0 Å². The molecule has 3 aromatic rings. The summed E-state index contributed by atoms with van der Waals surface area (Å²) in [4.78, 5) is 28.2. The summed E-state index contributed by atoms with van der Waals surface area (Å²) in [5, 5.41) is 0. The molecule has 1 aromatic heterocycles. The number of para-hydroxylation sites is 1. The molecular formula is C19H14FNO2S2. The molecule has 0 bridgehead atoms. The Morgan fingerprint density at radius 2 is 1.84 bits per heavy atom. The lowest BCUT2D eigenvalue weighted by atomic mass is 9.87. The molecule has 1 aliphatic heterocycles. The number of nitrogens with zero attached hydrogens (tertiary/aromatic N) is 1. The zero-order valence-electron chi connectivity index (χ0n) is 13.6. The summed E-state index contributed by atoms with van der Waals surface area (Å²) in [6, 6.07) is 13.1. The Morgan fingerprint density at radius 1 is 1.08 bits per heavy atom. The molecule has 3 nitrogen and oxygen atoms in total. The Hall–Kier alpha value is -2.31. The second-order valence-corrected chi connectivity index (χ2v) is 8.50. The van der Waals surface area contributed by atoms with Crippen molar-refractivity contribution in [2.45, 2.75) is 19.4 Å². The Balaban J connectivity index is 1.97. The lowest BCUT2D eigenvalue weighted by Crippen LogP contribution is -2.48. The number of carbonyl (C=O) groups is 1. The number of anilines is 1. The Labute approximate surface area is 151 Å². The summed E-state index contributed by atoms with van der Waals surface area (Å²) in [6.45, 7) is 3.84. The van der Waals surface area contributed by atoms with Gasteiger partial charge in [0.15, 0.2) is 0 Å². The van der Waals surface area contributed by atoms with Gasteiger partial charge in [-0.25, -0.2) is 4.39 Å². The smallest absolute Gasteiger partial charge is 0.259 e. The van der Waals surface area contributed by atoms with Gasteiger partial charge < -0.3 is 0 Å². The standard InChI is InChI=1S/C19H14FNO2S2/c1-19(2)16-15(18(23)25-24-16)13-8-3-4-9-14(13)21(19)17(22)11-6-5-7-12(20)10-11/h3-10H,1-2H3.